The summed E-state index contributed by atoms with van der Waals surface area (Å²) in [6, 6.07) is 12.4. The number of benzene rings is 4. The van der Waals surface area contributed by atoms with Crippen molar-refractivity contribution in [2.75, 3.05) is 0 Å². The number of unbranched alkanes of at least 4 members (excludes halogenated alkanes) is 4. The molecule has 0 fully saturated rings. The standard InChI is InChI=1S/C28H24F6O/c1-2-3-4-5-6-7-17-8-11-21-20-12-9-18(14-22(20)24(29)16-23(21)27(17)31)19-10-13-26(25(30)15-19)35-28(32,33)34/h8-16H,2-7H2,1H3. The highest BCUT2D eigenvalue weighted by atomic mass is 19.4. The Labute approximate surface area is 199 Å². The van der Waals surface area contributed by atoms with Gasteiger partial charge in [0.05, 0.1) is 0 Å². The highest BCUT2D eigenvalue weighted by molar-refractivity contribution is 6.09. The molecule has 0 aromatic heterocycles. The zero-order valence-corrected chi connectivity index (χ0v) is 19.1. The lowest BCUT2D eigenvalue weighted by molar-refractivity contribution is -0.275. The van der Waals surface area contributed by atoms with Gasteiger partial charge in [-0.2, -0.15) is 0 Å². The highest BCUT2D eigenvalue weighted by Crippen LogP contribution is 2.35. The fourth-order valence-corrected chi connectivity index (χ4v) is 4.37. The van der Waals surface area contributed by atoms with Crippen LogP contribution in [0.1, 0.15) is 44.6 Å². The van der Waals surface area contributed by atoms with E-state index in [-0.39, 0.29) is 16.3 Å². The van der Waals surface area contributed by atoms with E-state index >= 15 is 8.78 Å². The van der Waals surface area contributed by atoms with Crippen molar-refractivity contribution < 1.29 is 31.1 Å². The number of aryl methyl sites for hydroxylation is 1. The third-order valence-electron chi connectivity index (χ3n) is 6.14. The van der Waals surface area contributed by atoms with Gasteiger partial charge in [0.25, 0.3) is 0 Å². The van der Waals surface area contributed by atoms with E-state index in [4.69, 9.17) is 0 Å². The maximum absolute atomic E-state index is 15.2. The molecule has 184 valence electrons. The first kappa shape index (κ1) is 24.9. The van der Waals surface area contributed by atoms with Crippen LogP contribution in [0, 0.1) is 17.5 Å². The first-order valence-corrected chi connectivity index (χ1v) is 11.6. The van der Waals surface area contributed by atoms with Gasteiger partial charge < -0.3 is 4.74 Å². The molecule has 0 saturated carbocycles. The summed E-state index contributed by atoms with van der Waals surface area (Å²) in [5, 5.41) is 1.46. The Bertz CT molecular complexity index is 1360. The molecule has 0 aliphatic carbocycles. The molecule has 0 heterocycles. The molecular weight excluding hydrogens is 466 g/mol. The van der Waals surface area contributed by atoms with Crippen LogP contribution in [-0.4, -0.2) is 6.36 Å². The van der Waals surface area contributed by atoms with Crippen molar-refractivity contribution in [2.24, 2.45) is 0 Å². The Morgan fingerprint density at radius 3 is 2.03 bits per heavy atom. The Morgan fingerprint density at radius 1 is 0.657 bits per heavy atom. The van der Waals surface area contributed by atoms with Crippen LogP contribution in [0.15, 0.2) is 54.6 Å². The Hall–Kier alpha value is -3.22. The monoisotopic (exact) mass is 490 g/mol. The number of fused-ring (bicyclic) bond motifs is 3. The summed E-state index contributed by atoms with van der Waals surface area (Å²) in [5.74, 6) is -3.20. The fraction of sp³-hybridized carbons (Fsp3) is 0.286. The zero-order chi connectivity index (χ0) is 25.2. The molecule has 4 aromatic carbocycles. The summed E-state index contributed by atoms with van der Waals surface area (Å²) < 4.78 is 85.2. The largest absolute Gasteiger partial charge is 0.573 e. The van der Waals surface area contributed by atoms with Crippen LogP contribution in [0.5, 0.6) is 5.75 Å². The average molecular weight is 490 g/mol. The van der Waals surface area contributed by atoms with Crippen LogP contribution in [0.2, 0.25) is 0 Å². The molecule has 0 saturated heterocycles. The number of halogens is 6. The normalized spacial score (nSPS) is 12.0. The maximum Gasteiger partial charge on any atom is 0.573 e. The SMILES string of the molecule is CCCCCCCc1ccc2c(cc(F)c3cc(-c4ccc(OC(F)(F)F)c(F)c4)ccc32)c1F. The number of ether oxygens (including phenoxy) is 1. The molecule has 0 unspecified atom stereocenters. The Morgan fingerprint density at radius 2 is 1.31 bits per heavy atom. The van der Waals surface area contributed by atoms with Crippen molar-refractivity contribution in [1.29, 1.82) is 0 Å². The molecule has 0 bridgehead atoms. The smallest absolute Gasteiger partial charge is 0.403 e. The number of alkyl halides is 3. The van der Waals surface area contributed by atoms with E-state index in [1.807, 2.05) is 0 Å². The second-order valence-corrected chi connectivity index (χ2v) is 8.61. The molecule has 0 aliphatic rings. The van der Waals surface area contributed by atoms with Crippen LogP contribution >= 0.6 is 0 Å². The fourth-order valence-electron chi connectivity index (χ4n) is 4.37. The first-order chi connectivity index (χ1) is 16.7. The minimum Gasteiger partial charge on any atom is -0.403 e. The average Bonchev–Trinajstić information content (AvgIpc) is 2.81. The van der Waals surface area contributed by atoms with E-state index in [0.29, 0.717) is 28.3 Å². The van der Waals surface area contributed by atoms with Gasteiger partial charge in [0.1, 0.15) is 11.6 Å². The number of hydrogen-bond donors (Lipinski definition) is 0. The van der Waals surface area contributed by atoms with E-state index in [9.17, 15) is 17.6 Å². The number of rotatable bonds is 8. The lowest BCUT2D eigenvalue weighted by Gasteiger charge is -2.13. The van der Waals surface area contributed by atoms with Gasteiger partial charge in [-0.25, -0.2) is 13.2 Å². The Balaban J connectivity index is 1.67. The van der Waals surface area contributed by atoms with Crippen molar-refractivity contribution >= 4 is 21.5 Å². The summed E-state index contributed by atoms with van der Waals surface area (Å²) >= 11 is 0. The van der Waals surface area contributed by atoms with Crippen molar-refractivity contribution in [1.82, 2.24) is 0 Å². The van der Waals surface area contributed by atoms with E-state index in [2.05, 4.69) is 11.7 Å². The molecule has 0 atom stereocenters. The van der Waals surface area contributed by atoms with Crippen LogP contribution in [0.25, 0.3) is 32.7 Å². The van der Waals surface area contributed by atoms with Gasteiger partial charge in [-0.15, -0.1) is 13.2 Å². The molecule has 0 spiro atoms. The molecule has 35 heavy (non-hydrogen) atoms. The van der Waals surface area contributed by atoms with Crippen molar-refractivity contribution in [3.05, 3.63) is 77.6 Å². The molecule has 0 amide bonds. The van der Waals surface area contributed by atoms with E-state index in [1.54, 1.807) is 24.3 Å². The van der Waals surface area contributed by atoms with Crippen molar-refractivity contribution in [3.63, 3.8) is 0 Å². The molecule has 1 nitrogen and oxygen atoms in total. The lowest BCUT2D eigenvalue weighted by Crippen LogP contribution is -2.17. The molecule has 0 radical (unpaired) electrons. The summed E-state index contributed by atoms with van der Waals surface area (Å²) in [6.45, 7) is 2.13. The van der Waals surface area contributed by atoms with E-state index < -0.39 is 29.6 Å². The lowest BCUT2D eigenvalue weighted by atomic mass is 9.94. The zero-order valence-electron chi connectivity index (χ0n) is 19.1. The van der Waals surface area contributed by atoms with Gasteiger partial charge >= 0.3 is 6.36 Å². The second kappa shape index (κ2) is 10.2. The maximum atomic E-state index is 15.2. The summed E-state index contributed by atoms with van der Waals surface area (Å²) in [6.07, 6.45) is 0.844. The number of hydrogen-bond acceptors (Lipinski definition) is 1. The molecule has 0 aliphatic heterocycles. The summed E-state index contributed by atoms with van der Waals surface area (Å²) in [7, 11) is 0. The topological polar surface area (TPSA) is 9.23 Å². The van der Waals surface area contributed by atoms with Gasteiger partial charge in [-0.1, -0.05) is 62.9 Å². The molecule has 7 heteroatoms. The van der Waals surface area contributed by atoms with Crippen LogP contribution in [0.4, 0.5) is 26.3 Å². The quantitative estimate of drug-likeness (QED) is 0.136. The predicted molar refractivity (Wildman–Crippen MR) is 126 cm³/mol. The third kappa shape index (κ3) is 5.55. The van der Waals surface area contributed by atoms with Gasteiger partial charge in [0.15, 0.2) is 11.6 Å². The van der Waals surface area contributed by atoms with Gasteiger partial charge in [-0.3, -0.25) is 0 Å². The minimum atomic E-state index is -5.01. The highest BCUT2D eigenvalue weighted by Gasteiger charge is 2.32. The van der Waals surface area contributed by atoms with Crippen molar-refractivity contribution in [3.8, 4) is 16.9 Å². The third-order valence-corrected chi connectivity index (χ3v) is 6.14. The first-order valence-electron chi connectivity index (χ1n) is 11.6. The van der Waals surface area contributed by atoms with Crippen LogP contribution in [-0.2, 0) is 6.42 Å². The van der Waals surface area contributed by atoms with Crippen LogP contribution < -0.4 is 4.74 Å². The van der Waals surface area contributed by atoms with E-state index in [0.717, 1.165) is 50.3 Å². The summed E-state index contributed by atoms with van der Waals surface area (Å²) in [5.41, 5.74) is 1.21. The Kier molecular flexibility index (Phi) is 7.24. The molecular formula is C28H24F6O. The minimum absolute atomic E-state index is 0.202. The molecule has 4 rings (SSSR count). The van der Waals surface area contributed by atoms with Gasteiger partial charge in [-0.05, 0) is 64.6 Å². The van der Waals surface area contributed by atoms with E-state index in [1.165, 1.54) is 12.1 Å². The summed E-state index contributed by atoms with van der Waals surface area (Å²) in [4.78, 5) is 0. The van der Waals surface area contributed by atoms with Gasteiger partial charge in [0.2, 0.25) is 0 Å². The van der Waals surface area contributed by atoms with Crippen LogP contribution in [0.3, 0.4) is 0 Å². The molecule has 0 N–H and O–H groups in total. The van der Waals surface area contributed by atoms with Gasteiger partial charge in [0, 0.05) is 10.8 Å². The molecule has 4 aromatic rings. The van der Waals surface area contributed by atoms with Crippen molar-refractivity contribution in [2.45, 2.75) is 51.8 Å². The predicted octanol–water partition coefficient (Wildman–Crippen LogP) is 9.49. The second-order valence-electron chi connectivity index (χ2n) is 8.61.